The van der Waals surface area contributed by atoms with Crippen molar-refractivity contribution >= 4 is 54.5 Å². The third-order valence-corrected chi connectivity index (χ3v) is 4.64. The maximum absolute atomic E-state index is 12.4. The molecule has 28 heavy (non-hydrogen) atoms. The van der Waals surface area contributed by atoms with Gasteiger partial charge in [-0.05, 0) is 5.56 Å². The number of thiazole rings is 1. The van der Waals surface area contributed by atoms with Gasteiger partial charge in [-0.15, -0.1) is 48.6 Å². The Bertz CT molecular complexity index is 814. The number of aromatic nitrogens is 3. The fourth-order valence-electron chi connectivity index (χ4n) is 2.60. The number of carbonyl (C=O) groups excluding carboxylic acids is 1. The molecule has 1 atom stereocenters. The van der Waals surface area contributed by atoms with E-state index in [4.69, 9.17) is 5.73 Å². The first-order chi connectivity index (χ1) is 12.1. The van der Waals surface area contributed by atoms with Gasteiger partial charge >= 0.3 is 0 Å². The molecule has 0 aliphatic carbocycles. The minimum absolute atomic E-state index is 0. The van der Waals surface area contributed by atoms with Gasteiger partial charge in [0.2, 0.25) is 5.91 Å². The van der Waals surface area contributed by atoms with E-state index in [1.807, 2.05) is 34.3 Å². The van der Waals surface area contributed by atoms with Gasteiger partial charge in [-0.3, -0.25) is 4.79 Å². The molecule has 0 aliphatic rings. The van der Waals surface area contributed by atoms with E-state index in [0.29, 0.717) is 13.0 Å². The zero-order chi connectivity index (χ0) is 17.6. The molecule has 0 saturated carbocycles. The van der Waals surface area contributed by atoms with Crippen LogP contribution in [0.15, 0.2) is 54.4 Å². The molecule has 2 N–H and O–H groups in total. The molecule has 2 aromatic heterocycles. The summed E-state index contributed by atoms with van der Waals surface area (Å²) in [7, 11) is 1.75. The van der Waals surface area contributed by atoms with Crippen LogP contribution in [0, 0.1) is 0 Å². The van der Waals surface area contributed by atoms with Crippen LogP contribution in [0.4, 0.5) is 0 Å². The summed E-state index contributed by atoms with van der Waals surface area (Å²) in [5, 5.41) is 2.79. The van der Waals surface area contributed by atoms with E-state index in [-0.39, 0.29) is 43.1 Å². The first kappa shape index (κ1) is 26.4. The first-order valence-corrected chi connectivity index (χ1v) is 8.93. The van der Waals surface area contributed by atoms with E-state index >= 15 is 0 Å². The van der Waals surface area contributed by atoms with Crippen LogP contribution in [0.3, 0.4) is 0 Å². The molecule has 0 unspecified atom stereocenters. The summed E-state index contributed by atoms with van der Waals surface area (Å²) < 4.78 is 2.00. The van der Waals surface area contributed by atoms with Crippen LogP contribution >= 0.6 is 48.6 Å². The highest BCUT2D eigenvalue weighted by atomic mass is 35.5. The van der Waals surface area contributed by atoms with Crippen molar-refractivity contribution in [2.24, 2.45) is 5.73 Å². The lowest BCUT2D eigenvalue weighted by Gasteiger charge is -2.19. The number of carbonyl (C=O) groups is 1. The fourth-order valence-corrected chi connectivity index (χ4v) is 3.27. The van der Waals surface area contributed by atoms with Crippen molar-refractivity contribution in [1.29, 1.82) is 0 Å². The SMILES string of the molecule is CN(Cc1nccs1)C(=O)[C@@H](N)Cc1cn(Cc2ccccc2)cn1.Cl.Cl.Cl. The standard InChI is InChI=1S/C18H21N5OS.3ClH/c1-22(12-17-20-7-8-25-17)18(24)16(19)9-15-11-23(13-21-15)10-14-5-3-2-4-6-14;;;/h2-8,11,13,16H,9-10,12,19H2,1H3;3*1H/t16-;;;/m0.../s1. The van der Waals surface area contributed by atoms with E-state index in [0.717, 1.165) is 17.2 Å². The van der Waals surface area contributed by atoms with Crippen molar-refractivity contribution in [2.75, 3.05) is 7.05 Å². The molecule has 0 spiro atoms. The van der Waals surface area contributed by atoms with Crippen molar-refractivity contribution < 1.29 is 4.79 Å². The number of hydrogen-bond donors (Lipinski definition) is 1. The maximum atomic E-state index is 12.4. The normalized spacial score (nSPS) is 10.8. The third kappa shape index (κ3) is 7.41. The van der Waals surface area contributed by atoms with E-state index in [2.05, 4.69) is 22.1 Å². The van der Waals surface area contributed by atoms with Crippen LogP contribution < -0.4 is 5.73 Å². The lowest BCUT2D eigenvalue weighted by Crippen LogP contribution is -2.42. The van der Waals surface area contributed by atoms with Crippen LogP contribution in [0.5, 0.6) is 0 Å². The number of likely N-dealkylation sites (N-methyl/N-ethyl adjacent to an activating group) is 1. The van der Waals surface area contributed by atoms with Crippen LogP contribution in [0.1, 0.15) is 16.3 Å². The van der Waals surface area contributed by atoms with Gasteiger partial charge in [0.1, 0.15) is 5.01 Å². The molecule has 0 saturated heterocycles. The summed E-state index contributed by atoms with van der Waals surface area (Å²) in [5.74, 6) is -0.104. The smallest absolute Gasteiger partial charge is 0.240 e. The molecular weight excluding hydrogens is 441 g/mol. The molecule has 0 bridgehead atoms. The Balaban J connectivity index is 0.00000243. The number of nitrogens with two attached hydrogens (primary N) is 1. The molecule has 6 nitrogen and oxygen atoms in total. The molecule has 2 heterocycles. The van der Waals surface area contributed by atoms with Crippen molar-refractivity contribution in [2.45, 2.75) is 25.6 Å². The van der Waals surface area contributed by atoms with Gasteiger partial charge in [0.25, 0.3) is 0 Å². The number of amides is 1. The summed E-state index contributed by atoms with van der Waals surface area (Å²) in [6, 6.07) is 9.56. The van der Waals surface area contributed by atoms with E-state index in [1.54, 1.807) is 24.5 Å². The summed E-state index contributed by atoms with van der Waals surface area (Å²) in [6.07, 6.45) is 5.88. The minimum atomic E-state index is -0.606. The molecular formula is C18H24Cl3N5OS. The van der Waals surface area contributed by atoms with Crippen molar-refractivity contribution in [3.63, 3.8) is 0 Å². The molecule has 3 rings (SSSR count). The zero-order valence-corrected chi connectivity index (χ0v) is 18.6. The largest absolute Gasteiger partial charge is 0.338 e. The van der Waals surface area contributed by atoms with Crippen LogP contribution in [0.25, 0.3) is 0 Å². The first-order valence-electron chi connectivity index (χ1n) is 8.05. The number of nitrogens with zero attached hydrogens (tertiary/aromatic N) is 4. The average Bonchev–Trinajstić information content (AvgIpc) is 3.27. The van der Waals surface area contributed by atoms with Gasteiger partial charge in [-0.2, -0.15) is 0 Å². The van der Waals surface area contributed by atoms with E-state index in [9.17, 15) is 4.79 Å². The van der Waals surface area contributed by atoms with Gasteiger partial charge in [0, 0.05) is 37.8 Å². The van der Waals surface area contributed by atoms with E-state index < -0.39 is 6.04 Å². The number of hydrogen-bond acceptors (Lipinski definition) is 5. The highest BCUT2D eigenvalue weighted by molar-refractivity contribution is 7.09. The second-order valence-corrected chi connectivity index (χ2v) is 6.93. The Morgan fingerprint density at radius 3 is 2.57 bits per heavy atom. The Labute approximate surface area is 187 Å². The quantitative estimate of drug-likeness (QED) is 0.582. The average molecular weight is 465 g/mol. The fraction of sp³-hybridized carbons (Fsp3) is 0.278. The summed E-state index contributed by atoms with van der Waals surface area (Å²) in [4.78, 5) is 22.6. The molecule has 154 valence electrons. The summed E-state index contributed by atoms with van der Waals surface area (Å²) in [6.45, 7) is 1.23. The summed E-state index contributed by atoms with van der Waals surface area (Å²) >= 11 is 1.53. The van der Waals surface area contributed by atoms with Crippen LogP contribution in [-0.4, -0.2) is 38.4 Å². The molecule has 0 fully saturated rings. The third-order valence-electron chi connectivity index (χ3n) is 3.87. The topological polar surface area (TPSA) is 77.0 Å². The lowest BCUT2D eigenvalue weighted by molar-refractivity contribution is -0.131. The van der Waals surface area contributed by atoms with Crippen molar-refractivity contribution in [3.05, 3.63) is 70.7 Å². The van der Waals surface area contributed by atoms with Crippen LogP contribution in [-0.2, 0) is 24.3 Å². The number of halogens is 3. The predicted octanol–water partition coefficient (Wildman–Crippen LogP) is 3.18. The van der Waals surface area contributed by atoms with Crippen LogP contribution in [0.2, 0.25) is 0 Å². The van der Waals surface area contributed by atoms with Gasteiger partial charge < -0.3 is 15.2 Å². The predicted molar refractivity (Wildman–Crippen MR) is 120 cm³/mol. The monoisotopic (exact) mass is 463 g/mol. The number of imidazole rings is 1. The number of benzene rings is 1. The van der Waals surface area contributed by atoms with Crippen molar-refractivity contribution in [3.8, 4) is 0 Å². The van der Waals surface area contributed by atoms with Gasteiger partial charge in [0.05, 0.1) is 24.6 Å². The molecule has 10 heteroatoms. The van der Waals surface area contributed by atoms with Crippen molar-refractivity contribution in [1.82, 2.24) is 19.4 Å². The molecule has 1 amide bonds. The minimum Gasteiger partial charge on any atom is -0.338 e. The zero-order valence-electron chi connectivity index (χ0n) is 15.3. The summed E-state index contributed by atoms with van der Waals surface area (Å²) in [5.41, 5.74) is 8.11. The molecule has 0 aliphatic heterocycles. The Kier molecular flexibility index (Phi) is 12.0. The second-order valence-electron chi connectivity index (χ2n) is 5.95. The molecule has 0 radical (unpaired) electrons. The second kappa shape index (κ2) is 12.7. The molecule has 3 aromatic rings. The highest BCUT2D eigenvalue weighted by Crippen LogP contribution is 2.09. The Hall–Kier alpha value is -1.64. The van der Waals surface area contributed by atoms with E-state index in [1.165, 1.54) is 16.9 Å². The van der Waals surface area contributed by atoms with Gasteiger partial charge in [0.15, 0.2) is 0 Å². The Morgan fingerprint density at radius 1 is 1.21 bits per heavy atom. The number of rotatable bonds is 7. The van der Waals surface area contributed by atoms with Gasteiger partial charge in [-0.1, -0.05) is 30.3 Å². The molecule has 1 aromatic carbocycles. The Morgan fingerprint density at radius 2 is 1.93 bits per heavy atom. The highest BCUT2D eigenvalue weighted by Gasteiger charge is 2.20. The lowest BCUT2D eigenvalue weighted by atomic mass is 10.1. The van der Waals surface area contributed by atoms with Gasteiger partial charge in [-0.25, -0.2) is 9.97 Å². The maximum Gasteiger partial charge on any atom is 0.240 e.